The zero-order valence-electron chi connectivity index (χ0n) is 11.4. The van der Waals surface area contributed by atoms with Crippen LogP contribution in [0.3, 0.4) is 0 Å². The molecule has 0 unspecified atom stereocenters. The maximum absolute atomic E-state index is 12.3. The Morgan fingerprint density at radius 3 is 3.05 bits per heavy atom. The highest BCUT2D eigenvalue weighted by molar-refractivity contribution is 7.11. The van der Waals surface area contributed by atoms with E-state index in [0.29, 0.717) is 24.6 Å². The molecule has 2 aromatic rings. The summed E-state index contributed by atoms with van der Waals surface area (Å²) in [6, 6.07) is 0. The normalized spacial score (nSPS) is 19.3. The standard InChI is InChI=1S/C13H16N4O2S/c1-9-6-16(2)12(15-9)10-7-17(3-4-19-10)13(18)11-5-14-8-20-11/h5-6,8,10H,3-4,7H2,1-2H3/t10-/m0/s1. The molecule has 3 heterocycles. The van der Waals surface area contributed by atoms with Crippen molar-refractivity contribution in [3.05, 3.63) is 34.3 Å². The Balaban J connectivity index is 1.77. The van der Waals surface area contributed by atoms with Crippen LogP contribution in [0.2, 0.25) is 0 Å². The molecule has 1 atom stereocenters. The van der Waals surface area contributed by atoms with Gasteiger partial charge in [0, 0.05) is 19.8 Å². The van der Waals surface area contributed by atoms with Crippen molar-refractivity contribution >= 4 is 17.2 Å². The fourth-order valence-corrected chi connectivity index (χ4v) is 2.99. The van der Waals surface area contributed by atoms with Crippen molar-refractivity contribution in [3.8, 4) is 0 Å². The number of aromatic nitrogens is 3. The second-order valence-electron chi connectivity index (χ2n) is 4.83. The number of nitrogens with zero attached hydrogens (tertiary/aromatic N) is 4. The number of morpholine rings is 1. The van der Waals surface area contributed by atoms with Gasteiger partial charge < -0.3 is 14.2 Å². The lowest BCUT2D eigenvalue weighted by molar-refractivity contribution is -0.0278. The lowest BCUT2D eigenvalue weighted by atomic mass is 10.2. The van der Waals surface area contributed by atoms with E-state index in [0.717, 1.165) is 11.5 Å². The van der Waals surface area contributed by atoms with Crippen molar-refractivity contribution < 1.29 is 9.53 Å². The second-order valence-corrected chi connectivity index (χ2v) is 5.71. The molecular formula is C13H16N4O2S. The first-order chi connectivity index (χ1) is 9.65. The molecule has 7 heteroatoms. The molecule has 106 valence electrons. The van der Waals surface area contributed by atoms with E-state index in [1.54, 1.807) is 11.7 Å². The Bertz CT molecular complexity index is 608. The van der Waals surface area contributed by atoms with E-state index in [4.69, 9.17) is 4.74 Å². The van der Waals surface area contributed by atoms with Gasteiger partial charge in [-0.25, -0.2) is 4.98 Å². The molecule has 1 saturated heterocycles. The number of hydrogen-bond acceptors (Lipinski definition) is 5. The molecular weight excluding hydrogens is 276 g/mol. The first-order valence-corrected chi connectivity index (χ1v) is 7.32. The molecule has 20 heavy (non-hydrogen) atoms. The van der Waals surface area contributed by atoms with Crippen LogP contribution < -0.4 is 0 Å². The third kappa shape index (κ3) is 2.46. The lowest BCUT2D eigenvalue weighted by Gasteiger charge is -2.32. The van der Waals surface area contributed by atoms with Gasteiger partial charge in [-0.15, -0.1) is 11.3 Å². The van der Waals surface area contributed by atoms with Crippen molar-refractivity contribution in [2.45, 2.75) is 13.0 Å². The van der Waals surface area contributed by atoms with Gasteiger partial charge in [0.15, 0.2) is 0 Å². The molecule has 0 spiro atoms. The fraction of sp³-hybridized carbons (Fsp3) is 0.462. The average Bonchev–Trinajstić information content (AvgIpc) is 3.08. The van der Waals surface area contributed by atoms with E-state index < -0.39 is 0 Å². The Hall–Kier alpha value is -1.73. The first kappa shape index (κ1) is 13.3. The molecule has 0 aliphatic carbocycles. The smallest absolute Gasteiger partial charge is 0.265 e. The van der Waals surface area contributed by atoms with Crippen LogP contribution in [0.15, 0.2) is 17.9 Å². The number of rotatable bonds is 2. The fourth-order valence-electron chi connectivity index (χ4n) is 2.40. The lowest BCUT2D eigenvalue weighted by Crippen LogP contribution is -2.42. The van der Waals surface area contributed by atoms with Crippen molar-refractivity contribution in [2.24, 2.45) is 7.05 Å². The molecule has 6 nitrogen and oxygen atoms in total. The van der Waals surface area contributed by atoms with Gasteiger partial charge in [-0.05, 0) is 6.92 Å². The molecule has 0 bridgehead atoms. The summed E-state index contributed by atoms with van der Waals surface area (Å²) in [5.41, 5.74) is 2.63. The number of hydrogen-bond donors (Lipinski definition) is 0. The van der Waals surface area contributed by atoms with Gasteiger partial charge in [0.1, 0.15) is 16.8 Å². The Kier molecular flexibility index (Phi) is 3.54. The number of amides is 1. The van der Waals surface area contributed by atoms with Gasteiger partial charge in [0.25, 0.3) is 5.91 Å². The summed E-state index contributed by atoms with van der Waals surface area (Å²) in [6.45, 7) is 3.62. The third-order valence-corrected chi connectivity index (χ3v) is 4.08. The summed E-state index contributed by atoms with van der Waals surface area (Å²) >= 11 is 1.37. The number of imidazole rings is 1. The van der Waals surface area contributed by atoms with Gasteiger partial charge >= 0.3 is 0 Å². The van der Waals surface area contributed by atoms with Crippen LogP contribution in [0.25, 0.3) is 0 Å². The molecule has 1 aliphatic rings. The predicted molar refractivity (Wildman–Crippen MR) is 74.7 cm³/mol. The van der Waals surface area contributed by atoms with Crippen molar-refractivity contribution in [3.63, 3.8) is 0 Å². The molecule has 1 amide bonds. The maximum atomic E-state index is 12.3. The Labute approximate surface area is 121 Å². The van der Waals surface area contributed by atoms with E-state index >= 15 is 0 Å². The summed E-state index contributed by atoms with van der Waals surface area (Å²) in [5, 5.41) is 0. The molecule has 0 N–H and O–H groups in total. The van der Waals surface area contributed by atoms with E-state index in [1.807, 2.05) is 29.6 Å². The molecule has 2 aromatic heterocycles. The highest BCUT2D eigenvalue weighted by atomic mass is 32.1. The molecule has 0 saturated carbocycles. The van der Waals surface area contributed by atoms with Gasteiger partial charge in [-0.2, -0.15) is 0 Å². The minimum Gasteiger partial charge on any atom is -0.367 e. The quantitative estimate of drug-likeness (QED) is 0.839. The number of ether oxygens (including phenoxy) is 1. The summed E-state index contributed by atoms with van der Waals surface area (Å²) < 4.78 is 7.73. The average molecular weight is 292 g/mol. The molecule has 1 aliphatic heterocycles. The van der Waals surface area contributed by atoms with Crippen molar-refractivity contribution in [2.75, 3.05) is 19.7 Å². The summed E-state index contributed by atoms with van der Waals surface area (Å²) in [5.74, 6) is 0.885. The topological polar surface area (TPSA) is 60.2 Å². The van der Waals surface area contributed by atoms with Gasteiger partial charge in [-0.1, -0.05) is 0 Å². The maximum Gasteiger partial charge on any atom is 0.265 e. The van der Waals surface area contributed by atoms with Crippen LogP contribution in [-0.4, -0.2) is 45.0 Å². The van der Waals surface area contributed by atoms with E-state index in [1.165, 1.54) is 11.3 Å². The summed E-state index contributed by atoms with van der Waals surface area (Å²) in [7, 11) is 1.95. The molecule has 0 radical (unpaired) electrons. The third-order valence-electron chi connectivity index (χ3n) is 3.32. The zero-order chi connectivity index (χ0) is 14.1. The highest BCUT2D eigenvalue weighted by Crippen LogP contribution is 2.23. The largest absolute Gasteiger partial charge is 0.367 e. The number of carbonyl (C=O) groups is 1. The van der Waals surface area contributed by atoms with Crippen molar-refractivity contribution in [1.29, 1.82) is 0 Å². The van der Waals surface area contributed by atoms with E-state index in [2.05, 4.69) is 9.97 Å². The predicted octanol–water partition coefficient (Wildman–Crippen LogP) is 1.40. The molecule has 1 fully saturated rings. The van der Waals surface area contributed by atoms with Gasteiger partial charge in [0.2, 0.25) is 0 Å². The van der Waals surface area contributed by atoms with Gasteiger partial charge in [0.05, 0.1) is 30.6 Å². The molecule has 3 rings (SSSR count). The summed E-state index contributed by atoms with van der Waals surface area (Å²) in [6.07, 6.45) is 3.41. The van der Waals surface area contributed by atoms with E-state index in [9.17, 15) is 4.79 Å². The highest BCUT2D eigenvalue weighted by Gasteiger charge is 2.29. The van der Waals surface area contributed by atoms with E-state index in [-0.39, 0.29) is 12.0 Å². The SMILES string of the molecule is Cc1cn(C)c([C@@H]2CN(C(=O)c3cncs3)CCO2)n1. The van der Waals surface area contributed by atoms with Crippen LogP contribution in [0.1, 0.15) is 27.3 Å². The van der Waals surface area contributed by atoms with Crippen LogP contribution >= 0.6 is 11.3 Å². The van der Waals surface area contributed by atoms with Crippen molar-refractivity contribution in [1.82, 2.24) is 19.4 Å². The number of carbonyl (C=O) groups excluding carboxylic acids is 1. The minimum atomic E-state index is -0.167. The Morgan fingerprint density at radius 2 is 2.40 bits per heavy atom. The van der Waals surface area contributed by atoms with Crippen LogP contribution in [0, 0.1) is 6.92 Å². The monoisotopic (exact) mass is 292 g/mol. The number of thiazole rings is 1. The van der Waals surface area contributed by atoms with Gasteiger partial charge in [-0.3, -0.25) is 9.78 Å². The van der Waals surface area contributed by atoms with Crippen LogP contribution in [0.5, 0.6) is 0 Å². The van der Waals surface area contributed by atoms with Crippen LogP contribution in [0.4, 0.5) is 0 Å². The summed E-state index contributed by atoms with van der Waals surface area (Å²) in [4.78, 5) is 23.3. The zero-order valence-corrected chi connectivity index (χ0v) is 12.3. The molecule has 0 aromatic carbocycles. The number of aryl methyl sites for hydroxylation is 2. The van der Waals surface area contributed by atoms with Crippen LogP contribution in [-0.2, 0) is 11.8 Å². The second kappa shape index (κ2) is 5.34. The Morgan fingerprint density at radius 1 is 1.55 bits per heavy atom. The minimum absolute atomic E-state index is 0.0201. The first-order valence-electron chi connectivity index (χ1n) is 6.44.